The fraction of sp³-hybridized carbons (Fsp3) is 0.409. The van der Waals surface area contributed by atoms with Crippen LogP contribution in [0.4, 0.5) is 10.5 Å². The number of primary amides is 1. The van der Waals surface area contributed by atoms with Gasteiger partial charge >= 0.3 is 6.03 Å². The van der Waals surface area contributed by atoms with Gasteiger partial charge in [0.2, 0.25) is 0 Å². The second-order valence-electron chi connectivity index (χ2n) is 7.47. The van der Waals surface area contributed by atoms with Gasteiger partial charge in [0, 0.05) is 31.4 Å². The average Bonchev–Trinajstić information content (AvgIpc) is 3.52. The molecular weight excluding hydrogens is 354 g/mol. The SMILES string of the molecule is COc1ccc(N2CCN(C(N)=O)[C@@H](Cc3ccccc3)C2)cc1OC1CC1. The molecule has 1 aliphatic heterocycles. The monoisotopic (exact) mass is 381 g/mol. The lowest BCUT2D eigenvalue weighted by atomic mass is 10.0. The maximum absolute atomic E-state index is 12.0. The molecule has 1 saturated carbocycles. The Kier molecular flexibility index (Phi) is 5.28. The van der Waals surface area contributed by atoms with Gasteiger partial charge in [0.15, 0.2) is 11.5 Å². The summed E-state index contributed by atoms with van der Waals surface area (Å²) in [4.78, 5) is 16.0. The molecule has 148 valence electrons. The van der Waals surface area contributed by atoms with Crippen molar-refractivity contribution in [2.24, 2.45) is 5.73 Å². The Hall–Kier alpha value is -2.89. The predicted molar refractivity (Wildman–Crippen MR) is 109 cm³/mol. The standard InChI is InChI=1S/C22H27N3O3/c1-27-20-10-7-17(14-21(20)28-19-8-9-19)24-11-12-25(22(23)26)18(15-24)13-16-5-3-2-4-6-16/h2-7,10,14,18-19H,8-9,11-13,15H2,1H3,(H2,23,26)/t18-/m0/s1. The minimum absolute atomic E-state index is 0.0311. The summed E-state index contributed by atoms with van der Waals surface area (Å²) in [7, 11) is 1.66. The van der Waals surface area contributed by atoms with Gasteiger partial charge in [-0.2, -0.15) is 0 Å². The largest absolute Gasteiger partial charge is 0.493 e. The third-order valence-electron chi connectivity index (χ3n) is 5.41. The van der Waals surface area contributed by atoms with E-state index in [0.717, 1.165) is 49.5 Å². The first-order chi connectivity index (χ1) is 13.6. The normalized spacial score (nSPS) is 19.4. The number of anilines is 1. The zero-order valence-corrected chi connectivity index (χ0v) is 16.2. The van der Waals surface area contributed by atoms with Crippen molar-refractivity contribution < 1.29 is 14.3 Å². The van der Waals surface area contributed by atoms with E-state index in [9.17, 15) is 4.79 Å². The van der Waals surface area contributed by atoms with Crippen LogP contribution >= 0.6 is 0 Å². The van der Waals surface area contributed by atoms with Crippen molar-refractivity contribution in [1.82, 2.24) is 4.90 Å². The molecule has 2 N–H and O–H groups in total. The quantitative estimate of drug-likeness (QED) is 0.835. The molecule has 2 aliphatic rings. The van der Waals surface area contributed by atoms with Gasteiger partial charge in [-0.05, 0) is 37.0 Å². The molecule has 2 amide bonds. The van der Waals surface area contributed by atoms with E-state index in [4.69, 9.17) is 15.2 Å². The van der Waals surface area contributed by atoms with Crippen LogP contribution in [0, 0.1) is 0 Å². The molecule has 1 heterocycles. The zero-order valence-electron chi connectivity index (χ0n) is 16.2. The number of nitrogens with zero attached hydrogens (tertiary/aromatic N) is 2. The van der Waals surface area contributed by atoms with E-state index in [2.05, 4.69) is 29.2 Å². The second-order valence-corrected chi connectivity index (χ2v) is 7.47. The van der Waals surface area contributed by atoms with Crippen molar-refractivity contribution in [3.63, 3.8) is 0 Å². The zero-order chi connectivity index (χ0) is 19.5. The van der Waals surface area contributed by atoms with Crippen LogP contribution in [0.3, 0.4) is 0 Å². The highest BCUT2D eigenvalue weighted by atomic mass is 16.5. The van der Waals surface area contributed by atoms with Crippen LogP contribution < -0.4 is 20.1 Å². The van der Waals surface area contributed by atoms with Crippen LogP contribution in [-0.2, 0) is 6.42 Å². The molecule has 28 heavy (non-hydrogen) atoms. The van der Waals surface area contributed by atoms with Crippen LogP contribution in [0.5, 0.6) is 11.5 Å². The number of methoxy groups -OCH3 is 1. The number of carbonyl (C=O) groups is 1. The molecule has 4 rings (SSSR count). The molecule has 0 radical (unpaired) electrons. The Balaban J connectivity index is 1.54. The average molecular weight is 381 g/mol. The molecule has 0 bridgehead atoms. The number of rotatable bonds is 6. The molecule has 2 aromatic carbocycles. The number of amides is 2. The van der Waals surface area contributed by atoms with Gasteiger partial charge in [-0.15, -0.1) is 0 Å². The van der Waals surface area contributed by atoms with Crippen LogP contribution in [-0.4, -0.2) is 49.8 Å². The minimum atomic E-state index is -0.354. The maximum atomic E-state index is 12.0. The second kappa shape index (κ2) is 8.00. The Labute approximate surface area is 165 Å². The summed E-state index contributed by atoms with van der Waals surface area (Å²) in [6.45, 7) is 2.08. The van der Waals surface area contributed by atoms with Crippen LogP contribution in [0.1, 0.15) is 18.4 Å². The van der Waals surface area contributed by atoms with E-state index in [-0.39, 0.29) is 12.1 Å². The Morgan fingerprint density at radius 1 is 1.11 bits per heavy atom. The Morgan fingerprint density at radius 2 is 1.89 bits per heavy atom. The number of piperazine rings is 1. The summed E-state index contributed by atoms with van der Waals surface area (Å²) in [5.74, 6) is 1.55. The maximum Gasteiger partial charge on any atom is 0.315 e. The lowest BCUT2D eigenvalue weighted by Crippen LogP contribution is -2.57. The first kappa shape index (κ1) is 18.5. The summed E-state index contributed by atoms with van der Waals surface area (Å²) in [6, 6.07) is 16.0. The summed E-state index contributed by atoms with van der Waals surface area (Å²) in [5, 5.41) is 0. The van der Waals surface area contributed by atoms with Gasteiger partial charge in [0.1, 0.15) is 0 Å². The molecule has 0 aromatic heterocycles. The van der Waals surface area contributed by atoms with Crippen molar-refractivity contribution in [1.29, 1.82) is 0 Å². The van der Waals surface area contributed by atoms with Gasteiger partial charge in [-0.3, -0.25) is 0 Å². The van der Waals surface area contributed by atoms with Crippen molar-refractivity contribution >= 4 is 11.7 Å². The topological polar surface area (TPSA) is 68.0 Å². The lowest BCUT2D eigenvalue weighted by Gasteiger charge is -2.42. The first-order valence-electron chi connectivity index (χ1n) is 9.83. The van der Waals surface area contributed by atoms with Crippen LogP contribution in [0.25, 0.3) is 0 Å². The Bertz CT molecular complexity index is 823. The number of urea groups is 1. The number of hydrogen-bond acceptors (Lipinski definition) is 4. The van der Waals surface area contributed by atoms with Crippen molar-refractivity contribution in [2.75, 3.05) is 31.6 Å². The molecule has 1 aliphatic carbocycles. The van der Waals surface area contributed by atoms with Gasteiger partial charge in [-0.1, -0.05) is 30.3 Å². The summed E-state index contributed by atoms with van der Waals surface area (Å²) in [6.07, 6.45) is 3.29. The van der Waals surface area contributed by atoms with E-state index in [0.29, 0.717) is 12.6 Å². The Morgan fingerprint density at radius 3 is 2.57 bits per heavy atom. The van der Waals surface area contributed by atoms with Gasteiger partial charge in [0.05, 0.1) is 19.3 Å². The fourth-order valence-corrected chi connectivity index (χ4v) is 3.76. The number of ether oxygens (including phenoxy) is 2. The summed E-state index contributed by atoms with van der Waals surface area (Å²) < 4.78 is 11.5. The highest BCUT2D eigenvalue weighted by Crippen LogP contribution is 2.37. The summed E-state index contributed by atoms with van der Waals surface area (Å²) >= 11 is 0. The number of hydrogen-bond donors (Lipinski definition) is 1. The highest BCUT2D eigenvalue weighted by Gasteiger charge is 2.30. The predicted octanol–water partition coefficient (Wildman–Crippen LogP) is 3.05. The van der Waals surface area contributed by atoms with Crippen molar-refractivity contribution in [2.45, 2.75) is 31.4 Å². The molecule has 2 aromatic rings. The molecule has 1 atom stereocenters. The fourth-order valence-electron chi connectivity index (χ4n) is 3.76. The van der Waals surface area contributed by atoms with E-state index in [1.165, 1.54) is 5.56 Å². The van der Waals surface area contributed by atoms with E-state index < -0.39 is 0 Å². The summed E-state index contributed by atoms with van der Waals surface area (Å²) in [5.41, 5.74) is 7.94. The van der Waals surface area contributed by atoms with Gasteiger partial charge in [-0.25, -0.2) is 4.79 Å². The van der Waals surface area contributed by atoms with E-state index >= 15 is 0 Å². The van der Waals surface area contributed by atoms with E-state index in [1.54, 1.807) is 12.0 Å². The lowest BCUT2D eigenvalue weighted by molar-refractivity contribution is 0.174. The molecule has 0 unspecified atom stereocenters. The van der Waals surface area contributed by atoms with E-state index in [1.807, 2.05) is 24.3 Å². The molecular formula is C22H27N3O3. The van der Waals surface area contributed by atoms with Crippen LogP contribution in [0.15, 0.2) is 48.5 Å². The number of carbonyl (C=O) groups excluding carboxylic acids is 1. The van der Waals surface area contributed by atoms with Crippen molar-refractivity contribution in [3.05, 3.63) is 54.1 Å². The molecule has 2 fully saturated rings. The third kappa shape index (κ3) is 4.16. The van der Waals surface area contributed by atoms with Gasteiger partial charge in [0.25, 0.3) is 0 Å². The minimum Gasteiger partial charge on any atom is -0.493 e. The van der Waals surface area contributed by atoms with Crippen molar-refractivity contribution in [3.8, 4) is 11.5 Å². The molecule has 6 heteroatoms. The highest BCUT2D eigenvalue weighted by molar-refractivity contribution is 5.73. The molecule has 1 saturated heterocycles. The van der Waals surface area contributed by atoms with Gasteiger partial charge < -0.3 is 25.0 Å². The number of benzene rings is 2. The smallest absolute Gasteiger partial charge is 0.315 e. The first-order valence-corrected chi connectivity index (χ1v) is 9.83. The third-order valence-corrected chi connectivity index (χ3v) is 5.41. The molecule has 6 nitrogen and oxygen atoms in total. The molecule has 0 spiro atoms. The van der Waals surface area contributed by atoms with Crippen LogP contribution in [0.2, 0.25) is 0 Å². The number of nitrogens with two attached hydrogens (primary N) is 1.